The maximum absolute atomic E-state index is 12.4. The fourth-order valence-corrected chi connectivity index (χ4v) is 2.25. The van der Waals surface area contributed by atoms with Crippen LogP contribution in [0, 0.1) is 11.3 Å². The average Bonchev–Trinajstić information content (AvgIpc) is 2.52. The summed E-state index contributed by atoms with van der Waals surface area (Å²) < 4.78 is 1.32. The maximum atomic E-state index is 12.4. The number of nitrogens with zero attached hydrogens (tertiary/aromatic N) is 2. The van der Waals surface area contributed by atoms with Crippen LogP contribution in [0.1, 0.15) is 24.9 Å². The van der Waals surface area contributed by atoms with Gasteiger partial charge in [-0.2, -0.15) is 5.26 Å². The van der Waals surface area contributed by atoms with E-state index in [9.17, 15) is 9.59 Å². The van der Waals surface area contributed by atoms with Crippen LogP contribution in [0.2, 0.25) is 5.02 Å². The van der Waals surface area contributed by atoms with Gasteiger partial charge in [0.1, 0.15) is 6.04 Å². The Bertz CT molecular complexity index is 775. The number of nitriles is 1. The fraction of sp³-hybridized carbons (Fsp3) is 0.188. The molecule has 1 N–H and O–H groups in total. The topological polar surface area (TPSA) is 74.9 Å². The molecule has 1 unspecified atom stereocenters. The highest BCUT2D eigenvalue weighted by atomic mass is 35.5. The predicted molar refractivity (Wildman–Crippen MR) is 84.8 cm³/mol. The van der Waals surface area contributed by atoms with Gasteiger partial charge in [-0.25, -0.2) is 0 Å². The van der Waals surface area contributed by atoms with E-state index in [1.807, 2.05) is 13.0 Å². The number of hydrogen-bond acceptors (Lipinski definition) is 3. The van der Waals surface area contributed by atoms with Gasteiger partial charge >= 0.3 is 0 Å². The summed E-state index contributed by atoms with van der Waals surface area (Å²) in [7, 11) is 0. The highest BCUT2D eigenvalue weighted by molar-refractivity contribution is 6.30. The molecule has 2 aromatic rings. The van der Waals surface area contributed by atoms with Crippen molar-refractivity contribution in [3.05, 3.63) is 63.5 Å². The largest absolute Gasteiger partial charge is 0.324 e. The van der Waals surface area contributed by atoms with Crippen LogP contribution in [0.3, 0.4) is 0 Å². The van der Waals surface area contributed by atoms with Gasteiger partial charge in [0.05, 0.1) is 16.7 Å². The number of pyridine rings is 1. The van der Waals surface area contributed by atoms with Gasteiger partial charge in [-0.1, -0.05) is 18.5 Å². The van der Waals surface area contributed by atoms with Crippen molar-refractivity contribution in [2.24, 2.45) is 0 Å². The van der Waals surface area contributed by atoms with Crippen molar-refractivity contribution in [2.45, 2.75) is 19.4 Å². The van der Waals surface area contributed by atoms with E-state index in [-0.39, 0.29) is 11.5 Å². The second kappa shape index (κ2) is 6.92. The quantitative estimate of drug-likeness (QED) is 0.942. The van der Waals surface area contributed by atoms with Crippen LogP contribution in [0.25, 0.3) is 0 Å². The van der Waals surface area contributed by atoms with Crippen molar-refractivity contribution in [2.75, 3.05) is 5.32 Å². The number of aromatic nitrogens is 1. The lowest BCUT2D eigenvalue weighted by Gasteiger charge is -2.18. The molecule has 0 spiro atoms. The third kappa shape index (κ3) is 3.54. The Morgan fingerprint density at radius 2 is 2.00 bits per heavy atom. The molecule has 6 heteroatoms. The minimum atomic E-state index is -0.651. The van der Waals surface area contributed by atoms with Crippen molar-refractivity contribution in [1.29, 1.82) is 5.26 Å². The highest BCUT2D eigenvalue weighted by Crippen LogP contribution is 2.16. The number of anilines is 1. The van der Waals surface area contributed by atoms with Crippen molar-refractivity contribution in [3.8, 4) is 6.07 Å². The number of carbonyl (C=O) groups is 1. The number of carbonyl (C=O) groups excluding carboxylic acids is 1. The third-order valence-electron chi connectivity index (χ3n) is 3.21. The number of halogens is 1. The van der Waals surface area contributed by atoms with E-state index in [2.05, 4.69) is 5.32 Å². The SMILES string of the molecule is CCC(C(=O)Nc1ccc(C#N)cc1)n1cc(Cl)ccc1=O. The molecule has 0 saturated heterocycles. The monoisotopic (exact) mass is 315 g/mol. The Balaban J connectivity index is 2.23. The third-order valence-corrected chi connectivity index (χ3v) is 3.43. The van der Waals surface area contributed by atoms with Gasteiger partial charge in [0.15, 0.2) is 0 Å². The standard InChI is InChI=1S/C16H14ClN3O2/c1-2-14(20-10-12(17)5-8-15(20)21)16(22)19-13-6-3-11(9-18)4-7-13/h3-8,10,14H,2H2,1H3,(H,19,22). The van der Waals surface area contributed by atoms with Gasteiger partial charge in [-0.05, 0) is 36.8 Å². The second-order valence-electron chi connectivity index (χ2n) is 4.70. The molecule has 0 fully saturated rings. The minimum Gasteiger partial charge on any atom is -0.324 e. The average molecular weight is 316 g/mol. The van der Waals surface area contributed by atoms with Gasteiger partial charge < -0.3 is 9.88 Å². The first-order valence-corrected chi connectivity index (χ1v) is 7.11. The number of amides is 1. The summed E-state index contributed by atoms with van der Waals surface area (Å²) in [5.41, 5.74) is 0.792. The van der Waals surface area contributed by atoms with Gasteiger partial charge in [-0.3, -0.25) is 9.59 Å². The zero-order chi connectivity index (χ0) is 16.1. The summed E-state index contributed by atoms with van der Waals surface area (Å²) in [5, 5.41) is 11.9. The Morgan fingerprint density at radius 1 is 1.32 bits per heavy atom. The van der Waals surface area contributed by atoms with E-state index in [0.717, 1.165) is 0 Å². The lowest BCUT2D eigenvalue weighted by Crippen LogP contribution is -2.32. The number of hydrogen-bond donors (Lipinski definition) is 1. The Morgan fingerprint density at radius 3 is 2.59 bits per heavy atom. The van der Waals surface area contributed by atoms with E-state index >= 15 is 0 Å². The highest BCUT2D eigenvalue weighted by Gasteiger charge is 2.19. The Hall–Kier alpha value is -2.58. The van der Waals surface area contributed by atoms with Gasteiger partial charge in [0, 0.05) is 18.0 Å². The van der Waals surface area contributed by atoms with Crippen LogP contribution in [-0.2, 0) is 4.79 Å². The van der Waals surface area contributed by atoms with E-state index in [1.165, 1.54) is 22.9 Å². The molecule has 0 radical (unpaired) electrons. The molecule has 22 heavy (non-hydrogen) atoms. The molecule has 0 aliphatic rings. The normalized spacial score (nSPS) is 11.5. The summed E-state index contributed by atoms with van der Waals surface area (Å²) in [4.78, 5) is 24.3. The Labute approximate surface area is 132 Å². The first-order chi connectivity index (χ1) is 10.5. The summed E-state index contributed by atoms with van der Waals surface area (Å²) in [6.07, 6.45) is 1.90. The van der Waals surface area contributed by atoms with Crippen LogP contribution in [0.15, 0.2) is 47.4 Å². The molecule has 1 aromatic heterocycles. The molecule has 0 aliphatic heterocycles. The number of nitrogens with one attached hydrogen (secondary N) is 1. The first kappa shape index (κ1) is 15.8. The first-order valence-electron chi connectivity index (χ1n) is 6.74. The zero-order valence-corrected chi connectivity index (χ0v) is 12.7. The molecule has 5 nitrogen and oxygen atoms in total. The number of benzene rings is 1. The van der Waals surface area contributed by atoms with Crippen molar-refractivity contribution in [1.82, 2.24) is 4.57 Å². The van der Waals surface area contributed by atoms with Crippen LogP contribution in [-0.4, -0.2) is 10.5 Å². The lowest BCUT2D eigenvalue weighted by molar-refractivity contribution is -0.119. The van der Waals surface area contributed by atoms with Gasteiger partial charge in [-0.15, -0.1) is 0 Å². The van der Waals surface area contributed by atoms with E-state index < -0.39 is 6.04 Å². The summed E-state index contributed by atoms with van der Waals surface area (Å²) in [5.74, 6) is -0.309. The molecule has 1 atom stereocenters. The second-order valence-corrected chi connectivity index (χ2v) is 5.13. The molecule has 0 bridgehead atoms. The van der Waals surface area contributed by atoms with E-state index in [4.69, 9.17) is 16.9 Å². The van der Waals surface area contributed by atoms with Crippen LogP contribution in [0.5, 0.6) is 0 Å². The van der Waals surface area contributed by atoms with Crippen LogP contribution in [0.4, 0.5) is 5.69 Å². The fourth-order valence-electron chi connectivity index (χ4n) is 2.08. The summed E-state index contributed by atoms with van der Waals surface area (Å²) >= 11 is 5.89. The van der Waals surface area contributed by atoms with Crippen molar-refractivity contribution < 1.29 is 4.79 Å². The van der Waals surface area contributed by atoms with Crippen LogP contribution < -0.4 is 10.9 Å². The zero-order valence-electron chi connectivity index (χ0n) is 11.9. The molecular weight excluding hydrogens is 302 g/mol. The van der Waals surface area contributed by atoms with E-state index in [0.29, 0.717) is 22.7 Å². The predicted octanol–water partition coefficient (Wildman–Crippen LogP) is 2.96. The van der Waals surface area contributed by atoms with Crippen molar-refractivity contribution >= 4 is 23.2 Å². The van der Waals surface area contributed by atoms with E-state index in [1.54, 1.807) is 24.3 Å². The smallest absolute Gasteiger partial charge is 0.251 e. The van der Waals surface area contributed by atoms with Crippen LogP contribution >= 0.6 is 11.6 Å². The molecule has 2 rings (SSSR count). The molecule has 112 valence electrons. The molecule has 1 amide bonds. The van der Waals surface area contributed by atoms with Gasteiger partial charge in [0.25, 0.3) is 5.56 Å². The molecule has 0 saturated carbocycles. The summed E-state index contributed by atoms with van der Waals surface area (Å²) in [6, 6.07) is 10.7. The number of rotatable bonds is 4. The molecule has 1 aromatic carbocycles. The maximum Gasteiger partial charge on any atom is 0.251 e. The molecular formula is C16H14ClN3O2. The minimum absolute atomic E-state index is 0.286. The lowest BCUT2D eigenvalue weighted by atomic mass is 10.1. The van der Waals surface area contributed by atoms with Crippen molar-refractivity contribution in [3.63, 3.8) is 0 Å². The van der Waals surface area contributed by atoms with Gasteiger partial charge in [0.2, 0.25) is 5.91 Å². The Kier molecular flexibility index (Phi) is 4.97. The summed E-state index contributed by atoms with van der Waals surface area (Å²) in [6.45, 7) is 1.82. The molecule has 1 heterocycles. The molecule has 0 aliphatic carbocycles.